The van der Waals surface area contributed by atoms with Crippen LogP contribution in [-0.2, 0) is 43.9 Å². The zero-order valence-electron chi connectivity index (χ0n) is 16.2. The topological polar surface area (TPSA) is 101 Å². The molecule has 0 aromatic heterocycles. The van der Waals surface area contributed by atoms with Crippen molar-refractivity contribution in [2.75, 3.05) is 13.2 Å². The number of hydrogen-bond acceptors (Lipinski definition) is 9. The highest BCUT2D eigenvalue weighted by molar-refractivity contribution is 5.85. The van der Waals surface area contributed by atoms with Gasteiger partial charge in [-0.3, -0.25) is 19.3 Å². The maximum atomic E-state index is 13.1. The number of carbonyl (C=O) groups excluding carboxylic acids is 3. The summed E-state index contributed by atoms with van der Waals surface area (Å²) >= 11 is 0. The lowest BCUT2D eigenvalue weighted by atomic mass is 9.77. The van der Waals surface area contributed by atoms with Crippen LogP contribution in [0.3, 0.4) is 0 Å². The van der Waals surface area contributed by atoms with Crippen molar-refractivity contribution in [2.45, 2.75) is 51.0 Å². The third-order valence-corrected chi connectivity index (χ3v) is 4.85. The van der Waals surface area contributed by atoms with Gasteiger partial charge in [0.25, 0.3) is 0 Å². The molecule has 9 heteroatoms. The van der Waals surface area contributed by atoms with Crippen molar-refractivity contribution in [3.63, 3.8) is 0 Å². The Bertz CT molecular complexity index is 768. The molecule has 0 unspecified atom stereocenters. The molecule has 2 fully saturated rings. The van der Waals surface area contributed by atoms with Crippen LogP contribution >= 0.6 is 0 Å². The minimum absolute atomic E-state index is 0.0655. The van der Waals surface area contributed by atoms with Gasteiger partial charge in [-0.1, -0.05) is 30.3 Å². The predicted molar refractivity (Wildman–Crippen MR) is 93.1 cm³/mol. The van der Waals surface area contributed by atoms with E-state index in [4.69, 9.17) is 23.9 Å². The quantitative estimate of drug-likeness (QED) is 0.540. The van der Waals surface area contributed by atoms with Crippen LogP contribution in [0.4, 0.5) is 0 Å². The number of hydroxylamine groups is 2. The van der Waals surface area contributed by atoms with Crippen molar-refractivity contribution in [1.82, 2.24) is 5.23 Å². The van der Waals surface area contributed by atoms with Gasteiger partial charge in [-0.05, 0) is 24.6 Å². The van der Waals surface area contributed by atoms with E-state index in [0.717, 1.165) is 5.23 Å². The van der Waals surface area contributed by atoms with Gasteiger partial charge in [0.1, 0.15) is 6.61 Å². The number of benzene rings is 1. The molecule has 9 nitrogen and oxygen atoms in total. The van der Waals surface area contributed by atoms with Gasteiger partial charge in [0.2, 0.25) is 5.54 Å². The Morgan fingerprint density at radius 3 is 2.36 bits per heavy atom. The Morgan fingerprint density at radius 2 is 1.79 bits per heavy atom. The van der Waals surface area contributed by atoms with E-state index in [1.807, 2.05) is 6.07 Å². The first-order chi connectivity index (χ1) is 13.3. The molecule has 1 aromatic rings. The zero-order valence-corrected chi connectivity index (χ0v) is 16.2. The molecule has 2 aliphatic heterocycles. The summed E-state index contributed by atoms with van der Waals surface area (Å²) in [5.41, 5.74) is -2.46. The maximum Gasteiger partial charge on any atom is 0.339 e. The second kappa shape index (κ2) is 7.50. The lowest BCUT2D eigenvalue weighted by molar-refractivity contribution is -0.374. The number of esters is 3. The Kier molecular flexibility index (Phi) is 5.42. The van der Waals surface area contributed by atoms with Gasteiger partial charge in [0.15, 0.2) is 17.8 Å². The van der Waals surface area contributed by atoms with E-state index in [0.29, 0.717) is 5.56 Å². The van der Waals surface area contributed by atoms with Crippen molar-refractivity contribution >= 4 is 17.9 Å². The van der Waals surface area contributed by atoms with Crippen LogP contribution in [0.5, 0.6) is 0 Å². The van der Waals surface area contributed by atoms with E-state index in [2.05, 4.69) is 0 Å². The number of carbonyl (C=O) groups is 3. The first-order valence-corrected chi connectivity index (χ1v) is 8.96. The van der Waals surface area contributed by atoms with Gasteiger partial charge in [0.05, 0.1) is 6.61 Å². The van der Waals surface area contributed by atoms with Gasteiger partial charge in [-0.25, -0.2) is 4.79 Å². The predicted octanol–water partition coefficient (Wildman–Crippen LogP) is 1.26. The van der Waals surface area contributed by atoms with Crippen LogP contribution in [0.15, 0.2) is 30.3 Å². The van der Waals surface area contributed by atoms with Crippen molar-refractivity contribution in [3.05, 3.63) is 35.9 Å². The minimum Gasteiger partial charge on any atom is -0.464 e. The van der Waals surface area contributed by atoms with Gasteiger partial charge in [-0.2, -0.15) is 0 Å². The molecule has 1 aromatic carbocycles. The summed E-state index contributed by atoms with van der Waals surface area (Å²) in [6.07, 6.45) is -2.30. The minimum atomic E-state index is -1.81. The number of rotatable bonds is 5. The molecule has 0 aliphatic carbocycles. The summed E-state index contributed by atoms with van der Waals surface area (Å²) < 4.78 is 16.2. The molecule has 2 saturated heterocycles. The van der Waals surface area contributed by atoms with Gasteiger partial charge < -0.3 is 14.2 Å². The second-order valence-electron chi connectivity index (χ2n) is 6.75. The molecule has 0 spiro atoms. The van der Waals surface area contributed by atoms with Crippen LogP contribution in [0.25, 0.3) is 0 Å². The molecule has 0 N–H and O–H groups in total. The molecule has 152 valence electrons. The molecule has 0 saturated carbocycles. The first kappa shape index (κ1) is 20.2. The summed E-state index contributed by atoms with van der Waals surface area (Å²) in [7, 11) is 0. The summed E-state index contributed by atoms with van der Waals surface area (Å²) in [6, 6.07) is 8.96. The SMILES string of the molecule is CCOC(=O)[C@]12[C@@H](OC(C)=O)CON1O[C@](C)(c1ccccc1)[C@H]2OC(C)=O. The maximum absolute atomic E-state index is 13.1. The van der Waals surface area contributed by atoms with Crippen molar-refractivity contribution in [1.29, 1.82) is 0 Å². The van der Waals surface area contributed by atoms with Gasteiger partial charge in [0, 0.05) is 13.8 Å². The zero-order chi connectivity index (χ0) is 20.5. The number of nitrogens with zero attached hydrogens (tertiary/aromatic N) is 1. The van der Waals surface area contributed by atoms with E-state index in [1.165, 1.54) is 13.8 Å². The largest absolute Gasteiger partial charge is 0.464 e. The van der Waals surface area contributed by atoms with E-state index in [1.54, 1.807) is 38.1 Å². The molecule has 0 bridgehead atoms. The second-order valence-corrected chi connectivity index (χ2v) is 6.75. The molecule has 0 amide bonds. The Balaban J connectivity index is 2.18. The third kappa shape index (κ3) is 3.05. The molecular formula is C19H23NO8. The first-order valence-electron chi connectivity index (χ1n) is 8.96. The average Bonchev–Trinajstić information content (AvgIpc) is 3.10. The summed E-state index contributed by atoms with van der Waals surface area (Å²) in [4.78, 5) is 48.3. The van der Waals surface area contributed by atoms with Crippen LogP contribution in [0.2, 0.25) is 0 Å². The van der Waals surface area contributed by atoms with Gasteiger partial charge >= 0.3 is 17.9 Å². The lowest BCUT2D eigenvalue weighted by Gasteiger charge is -2.36. The molecule has 4 atom stereocenters. The molecule has 28 heavy (non-hydrogen) atoms. The summed E-state index contributed by atoms with van der Waals surface area (Å²) in [6.45, 7) is 5.67. The van der Waals surface area contributed by atoms with E-state index < -0.39 is 41.3 Å². The molecule has 0 radical (unpaired) electrons. The van der Waals surface area contributed by atoms with Crippen LogP contribution in [0.1, 0.15) is 33.3 Å². The molecule has 2 aliphatic rings. The monoisotopic (exact) mass is 393 g/mol. The van der Waals surface area contributed by atoms with Gasteiger partial charge in [-0.15, -0.1) is 0 Å². The number of fused-ring (bicyclic) bond motifs is 1. The van der Waals surface area contributed by atoms with Crippen molar-refractivity contribution in [3.8, 4) is 0 Å². The fraction of sp³-hybridized carbons (Fsp3) is 0.526. The fourth-order valence-corrected chi connectivity index (χ4v) is 3.72. The van der Waals surface area contributed by atoms with E-state index in [9.17, 15) is 14.4 Å². The average molecular weight is 393 g/mol. The normalized spacial score (nSPS) is 31.9. The van der Waals surface area contributed by atoms with Crippen molar-refractivity contribution < 1.29 is 38.3 Å². The highest BCUT2D eigenvalue weighted by atomic mass is 17.0. The summed E-state index contributed by atoms with van der Waals surface area (Å²) in [5.74, 6) is -2.02. The number of hydrogen-bond donors (Lipinski definition) is 0. The van der Waals surface area contributed by atoms with Crippen LogP contribution in [0, 0.1) is 0 Å². The summed E-state index contributed by atoms with van der Waals surface area (Å²) in [5, 5.41) is 0.958. The van der Waals surface area contributed by atoms with Crippen LogP contribution < -0.4 is 0 Å². The van der Waals surface area contributed by atoms with Crippen LogP contribution in [-0.4, -0.2) is 54.1 Å². The third-order valence-electron chi connectivity index (χ3n) is 4.85. The van der Waals surface area contributed by atoms with Crippen molar-refractivity contribution in [2.24, 2.45) is 0 Å². The lowest BCUT2D eigenvalue weighted by Crippen LogP contribution is -2.64. The smallest absolute Gasteiger partial charge is 0.339 e. The molecular weight excluding hydrogens is 370 g/mol. The highest BCUT2D eigenvalue weighted by Gasteiger charge is 2.77. The molecule has 2 heterocycles. The fourth-order valence-electron chi connectivity index (χ4n) is 3.72. The number of ether oxygens (including phenoxy) is 3. The Morgan fingerprint density at radius 1 is 1.14 bits per heavy atom. The van der Waals surface area contributed by atoms with E-state index in [-0.39, 0.29) is 13.2 Å². The highest BCUT2D eigenvalue weighted by Crippen LogP contribution is 2.52. The molecule has 3 rings (SSSR count). The standard InChI is InChI=1S/C19H23NO8/c1-5-24-17(23)19-15(26-12(2)21)11-25-20(19)28-18(4,16(19)27-13(3)22)14-9-7-6-8-10-14/h6-10,15-16H,5,11H2,1-4H3/t15-,16+,18+,19+/m0/s1. The van der Waals surface area contributed by atoms with E-state index >= 15 is 0 Å². The Labute approximate surface area is 162 Å². The Hall–Kier alpha value is -2.49.